The molecule has 1 aliphatic rings. The van der Waals surface area contributed by atoms with Crippen LogP contribution in [0.5, 0.6) is 0 Å². The minimum atomic E-state index is -0.671. The summed E-state index contributed by atoms with van der Waals surface area (Å²) in [5.74, 6) is 0. The van der Waals surface area contributed by atoms with Gasteiger partial charge in [-0.25, -0.2) is 4.79 Å². The van der Waals surface area contributed by atoms with E-state index in [1.165, 1.54) is 0 Å². The Bertz CT molecular complexity index is 367. The molecular weight excluding hydrogens is 216 g/mol. The maximum atomic E-state index is 10.7. The van der Waals surface area contributed by atoms with Crippen LogP contribution in [-0.2, 0) is 4.74 Å². The summed E-state index contributed by atoms with van der Waals surface area (Å²) in [7, 11) is 0. The molecule has 1 aromatic carbocycles. The summed E-state index contributed by atoms with van der Waals surface area (Å²) in [5, 5.41) is 3.45. The predicted molar refractivity (Wildman–Crippen MR) is 66.8 cm³/mol. The maximum Gasteiger partial charge on any atom is 0.404 e. The van der Waals surface area contributed by atoms with Crippen molar-refractivity contribution in [3.05, 3.63) is 30.3 Å². The Balaban J connectivity index is 1.87. The normalized spacial score (nSPS) is 24.0. The first-order valence-electron chi connectivity index (χ1n) is 6.01. The van der Waals surface area contributed by atoms with E-state index in [-0.39, 0.29) is 6.10 Å². The number of amides is 1. The quantitative estimate of drug-likeness (QED) is 0.844. The molecule has 0 saturated heterocycles. The molecule has 3 N–H and O–H groups in total. The van der Waals surface area contributed by atoms with Gasteiger partial charge >= 0.3 is 6.09 Å². The zero-order chi connectivity index (χ0) is 12.1. The summed E-state index contributed by atoms with van der Waals surface area (Å²) < 4.78 is 5.06. The number of hydrogen-bond donors (Lipinski definition) is 2. The molecule has 0 bridgehead atoms. The van der Waals surface area contributed by atoms with Crippen molar-refractivity contribution in [2.24, 2.45) is 5.73 Å². The summed E-state index contributed by atoms with van der Waals surface area (Å²) in [4.78, 5) is 10.7. The second-order valence-electron chi connectivity index (χ2n) is 4.43. The molecule has 17 heavy (non-hydrogen) atoms. The zero-order valence-corrected chi connectivity index (χ0v) is 9.76. The molecule has 4 heteroatoms. The van der Waals surface area contributed by atoms with E-state index < -0.39 is 6.09 Å². The Kier molecular flexibility index (Phi) is 3.85. The van der Waals surface area contributed by atoms with E-state index in [2.05, 4.69) is 5.32 Å². The molecule has 0 unspecified atom stereocenters. The number of nitrogens with one attached hydrogen (secondary N) is 1. The minimum Gasteiger partial charge on any atom is -0.446 e. The van der Waals surface area contributed by atoms with Crippen molar-refractivity contribution in [3.8, 4) is 0 Å². The number of rotatable bonds is 3. The van der Waals surface area contributed by atoms with Crippen LogP contribution in [-0.4, -0.2) is 18.2 Å². The van der Waals surface area contributed by atoms with E-state index in [9.17, 15) is 4.79 Å². The Hall–Kier alpha value is -1.71. The number of carbonyl (C=O) groups excluding carboxylic acids is 1. The molecule has 0 heterocycles. The summed E-state index contributed by atoms with van der Waals surface area (Å²) in [6, 6.07) is 10.4. The SMILES string of the molecule is NC(=O)O[C@@H]1CCC[C@H](Nc2ccccc2)C1. The third-order valence-corrected chi connectivity index (χ3v) is 3.05. The van der Waals surface area contributed by atoms with Crippen molar-refractivity contribution in [2.75, 3.05) is 5.32 Å². The topological polar surface area (TPSA) is 64.4 Å². The van der Waals surface area contributed by atoms with Crippen molar-refractivity contribution >= 4 is 11.8 Å². The fourth-order valence-corrected chi connectivity index (χ4v) is 2.32. The lowest BCUT2D eigenvalue weighted by atomic mass is 9.92. The van der Waals surface area contributed by atoms with Gasteiger partial charge in [-0.15, -0.1) is 0 Å². The standard InChI is InChI=1S/C13H18N2O2/c14-13(16)17-12-8-4-7-11(9-12)15-10-5-2-1-3-6-10/h1-3,5-6,11-12,15H,4,7-9H2,(H2,14,16)/t11-,12+/m0/s1. The highest BCUT2D eigenvalue weighted by molar-refractivity contribution is 5.64. The van der Waals surface area contributed by atoms with Gasteiger partial charge in [0.2, 0.25) is 0 Å². The van der Waals surface area contributed by atoms with Gasteiger partial charge in [0.05, 0.1) is 0 Å². The highest BCUT2D eigenvalue weighted by atomic mass is 16.6. The van der Waals surface area contributed by atoms with Gasteiger partial charge in [0.15, 0.2) is 0 Å². The predicted octanol–water partition coefficient (Wildman–Crippen LogP) is 2.51. The fraction of sp³-hybridized carbons (Fsp3) is 0.462. The zero-order valence-electron chi connectivity index (χ0n) is 9.76. The van der Waals surface area contributed by atoms with Crippen LogP contribution in [0.4, 0.5) is 10.5 Å². The highest BCUT2D eigenvalue weighted by Gasteiger charge is 2.23. The van der Waals surface area contributed by atoms with Gasteiger partial charge in [0.1, 0.15) is 6.10 Å². The lowest BCUT2D eigenvalue weighted by Gasteiger charge is -2.29. The van der Waals surface area contributed by atoms with Crippen LogP contribution >= 0.6 is 0 Å². The molecule has 0 aliphatic heterocycles. The number of anilines is 1. The van der Waals surface area contributed by atoms with E-state index in [1.807, 2.05) is 30.3 Å². The maximum absolute atomic E-state index is 10.7. The molecule has 4 nitrogen and oxygen atoms in total. The van der Waals surface area contributed by atoms with E-state index in [1.54, 1.807) is 0 Å². The van der Waals surface area contributed by atoms with Gasteiger partial charge in [-0.05, 0) is 31.4 Å². The number of carbonyl (C=O) groups is 1. The molecule has 0 radical (unpaired) electrons. The first kappa shape index (κ1) is 11.8. The van der Waals surface area contributed by atoms with Gasteiger partial charge in [0, 0.05) is 18.2 Å². The Labute approximate surface area is 101 Å². The molecule has 1 aliphatic carbocycles. The van der Waals surface area contributed by atoms with Crippen LogP contribution < -0.4 is 11.1 Å². The Morgan fingerprint density at radius 2 is 2.06 bits per heavy atom. The molecule has 2 rings (SSSR count). The van der Waals surface area contributed by atoms with Crippen molar-refractivity contribution in [1.29, 1.82) is 0 Å². The van der Waals surface area contributed by atoms with Gasteiger partial charge in [0.25, 0.3) is 0 Å². The molecule has 92 valence electrons. The number of ether oxygens (including phenoxy) is 1. The van der Waals surface area contributed by atoms with Crippen LogP contribution in [0.1, 0.15) is 25.7 Å². The lowest BCUT2D eigenvalue weighted by Crippen LogP contribution is -2.34. The average Bonchev–Trinajstić information content (AvgIpc) is 2.30. The van der Waals surface area contributed by atoms with Crippen LogP contribution in [0.2, 0.25) is 0 Å². The molecule has 1 amide bonds. The molecule has 1 saturated carbocycles. The van der Waals surface area contributed by atoms with Gasteiger partial charge in [-0.3, -0.25) is 0 Å². The fourth-order valence-electron chi connectivity index (χ4n) is 2.32. The first-order valence-corrected chi connectivity index (χ1v) is 6.01. The third kappa shape index (κ3) is 3.66. The Morgan fingerprint density at radius 3 is 2.76 bits per heavy atom. The largest absolute Gasteiger partial charge is 0.446 e. The van der Waals surface area contributed by atoms with Crippen LogP contribution in [0.25, 0.3) is 0 Å². The van der Waals surface area contributed by atoms with E-state index in [4.69, 9.17) is 10.5 Å². The second kappa shape index (κ2) is 5.57. The molecular formula is C13H18N2O2. The van der Waals surface area contributed by atoms with Crippen LogP contribution in [0.15, 0.2) is 30.3 Å². The number of nitrogens with two attached hydrogens (primary N) is 1. The number of primary amides is 1. The monoisotopic (exact) mass is 234 g/mol. The van der Waals surface area contributed by atoms with Gasteiger partial charge in [-0.2, -0.15) is 0 Å². The minimum absolute atomic E-state index is 0.0394. The van der Waals surface area contributed by atoms with E-state index in [0.717, 1.165) is 31.4 Å². The van der Waals surface area contributed by atoms with Gasteiger partial charge < -0.3 is 15.8 Å². The van der Waals surface area contributed by atoms with Crippen molar-refractivity contribution in [3.63, 3.8) is 0 Å². The second-order valence-corrected chi connectivity index (χ2v) is 4.43. The van der Waals surface area contributed by atoms with Crippen LogP contribution in [0, 0.1) is 0 Å². The number of hydrogen-bond acceptors (Lipinski definition) is 3. The Morgan fingerprint density at radius 1 is 1.29 bits per heavy atom. The smallest absolute Gasteiger partial charge is 0.404 e. The van der Waals surface area contributed by atoms with Crippen molar-refractivity contribution in [2.45, 2.75) is 37.8 Å². The third-order valence-electron chi connectivity index (χ3n) is 3.05. The molecule has 1 aromatic rings. The van der Waals surface area contributed by atoms with E-state index in [0.29, 0.717) is 6.04 Å². The molecule has 2 atom stereocenters. The summed E-state index contributed by atoms with van der Waals surface area (Å²) in [6.07, 6.45) is 3.20. The van der Waals surface area contributed by atoms with Gasteiger partial charge in [-0.1, -0.05) is 18.2 Å². The average molecular weight is 234 g/mol. The summed E-state index contributed by atoms with van der Waals surface area (Å²) in [6.45, 7) is 0. The highest BCUT2D eigenvalue weighted by Crippen LogP contribution is 2.24. The van der Waals surface area contributed by atoms with Crippen LogP contribution in [0.3, 0.4) is 0 Å². The summed E-state index contributed by atoms with van der Waals surface area (Å²) in [5.41, 5.74) is 6.15. The summed E-state index contributed by atoms with van der Waals surface area (Å²) >= 11 is 0. The number of benzene rings is 1. The molecule has 0 spiro atoms. The lowest BCUT2D eigenvalue weighted by molar-refractivity contribution is 0.0797. The molecule has 1 fully saturated rings. The number of para-hydroxylation sites is 1. The molecule has 0 aromatic heterocycles. The van der Waals surface area contributed by atoms with Crippen molar-refractivity contribution < 1.29 is 9.53 Å². The van der Waals surface area contributed by atoms with E-state index >= 15 is 0 Å². The first-order chi connectivity index (χ1) is 8.24. The van der Waals surface area contributed by atoms with Crippen molar-refractivity contribution in [1.82, 2.24) is 0 Å².